The number of fused-ring (bicyclic) bond motifs is 3. The quantitative estimate of drug-likeness (QED) is 0.859. The van der Waals surface area contributed by atoms with E-state index in [1.165, 1.54) is 11.1 Å². The van der Waals surface area contributed by atoms with Gasteiger partial charge in [0.25, 0.3) is 0 Å². The van der Waals surface area contributed by atoms with E-state index in [1.807, 2.05) is 0 Å². The van der Waals surface area contributed by atoms with Crippen LogP contribution in [0.3, 0.4) is 0 Å². The summed E-state index contributed by atoms with van der Waals surface area (Å²) in [6.07, 6.45) is 2.90. The molecule has 0 bridgehead atoms. The summed E-state index contributed by atoms with van der Waals surface area (Å²) < 4.78 is 11.0. The molecule has 1 aromatic carbocycles. The van der Waals surface area contributed by atoms with Gasteiger partial charge in [-0.25, -0.2) is 0 Å². The van der Waals surface area contributed by atoms with Crippen LogP contribution in [0.2, 0.25) is 0 Å². The Hall–Kier alpha value is -1.26. The summed E-state index contributed by atoms with van der Waals surface area (Å²) in [4.78, 5) is 2.58. The summed E-state index contributed by atoms with van der Waals surface area (Å²) >= 11 is 0. The van der Waals surface area contributed by atoms with Gasteiger partial charge in [0.15, 0.2) is 11.5 Å². The fourth-order valence-corrected chi connectivity index (χ4v) is 5.01. The normalized spacial score (nSPS) is 28.8. The Labute approximate surface area is 158 Å². The first-order valence-electron chi connectivity index (χ1n) is 10.0. The number of benzene rings is 1. The number of aliphatic hydroxyl groups is 1. The standard InChI is InChI=1S/C22H35NO3/c1-14(2)9-17-13-23-8-7-16-10-20(25-5)21(26-6)11-18(16)19(23)12-22(17,24)15(3)4/h10-11,14-15,17,19,24H,7-9,12-13H2,1-6H3/t17-,19-,22-/m1/s1. The monoisotopic (exact) mass is 361 g/mol. The van der Waals surface area contributed by atoms with Crippen molar-refractivity contribution in [1.29, 1.82) is 0 Å². The molecule has 146 valence electrons. The van der Waals surface area contributed by atoms with Gasteiger partial charge < -0.3 is 14.6 Å². The van der Waals surface area contributed by atoms with Crippen LogP contribution < -0.4 is 9.47 Å². The highest BCUT2D eigenvalue weighted by molar-refractivity contribution is 5.49. The molecule has 4 heteroatoms. The molecule has 3 rings (SSSR count). The van der Waals surface area contributed by atoms with E-state index in [4.69, 9.17) is 9.47 Å². The molecule has 2 aliphatic rings. The second-order valence-electron chi connectivity index (χ2n) is 8.84. The number of ether oxygens (including phenoxy) is 2. The topological polar surface area (TPSA) is 41.9 Å². The summed E-state index contributed by atoms with van der Waals surface area (Å²) in [5.41, 5.74) is 2.01. The second kappa shape index (κ2) is 7.40. The van der Waals surface area contributed by atoms with E-state index in [0.29, 0.717) is 11.8 Å². The van der Waals surface area contributed by atoms with Gasteiger partial charge in [-0.15, -0.1) is 0 Å². The number of hydrogen-bond donors (Lipinski definition) is 1. The second-order valence-corrected chi connectivity index (χ2v) is 8.84. The molecule has 0 unspecified atom stereocenters. The molecule has 1 fully saturated rings. The summed E-state index contributed by atoms with van der Waals surface area (Å²) in [6.45, 7) is 10.9. The molecule has 2 heterocycles. The molecule has 0 aromatic heterocycles. The molecule has 26 heavy (non-hydrogen) atoms. The van der Waals surface area contributed by atoms with Crippen LogP contribution in [-0.4, -0.2) is 42.9 Å². The minimum Gasteiger partial charge on any atom is -0.493 e. The van der Waals surface area contributed by atoms with E-state index in [1.54, 1.807) is 14.2 Å². The largest absolute Gasteiger partial charge is 0.493 e. The van der Waals surface area contributed by atoms with Gasteiger partial charge in [-0.05, 0) is 54.4 Å². The number of piperidine rings is 1. The summed E-state index contributed by atoms with van der Waals surface area (Å²) in [5, 5.41) is 11.7. The lowest BCUT2D eigenvalue weighted by atomic mass is 9.66. The van der Waals surface area contributed by atoms with Crippen molar-refractivity contribution < 1.29 is 14.6 Å². The third kappa shape index (κ3) is 3.34. The average molecular weight is 362 g/mol. The first kappa shape index (κ1) is 19.5. The molecule has 1 saturated heterocycles. The lowest BCUT2D eigenvalue weighted by Crippen LogP contribution is -2.57. The molecule has 0 radical (unpaired) electrons. The Balaban J connectivity index is 1.98. The summed E-state index contributed by atoms with van der Waals surface area (Å²) in [7, 11) is 3.38. The number of nitrogens with zero attached hydrogens (tertiary/aromatic N) is 1. The van der Waals surface area contributed by atoms with Crippen molar-refractivity contribution in [3.05, 3.63) is 23.3 Å². The van der Waals surface area contributed by atoms with Gasteiger partial charge in [-0.2, -0.15) is 0 Å². The molecule has 0 spiro atoms. The minimum atomic E-state index is -0.618. The van der Waals surface area contributed by atoms with Crippen molar-refractivity contribution in [1.82, 2.24) is 4.90 Å². The van der Waals surface area contributed by atoms with Crippen LogP contribution in [0, 0.1) is 17.8 Å². The average Bonchev–Trinajstić information content (AvgIpc) is 2.60. The molecular weight excluding hydrogens is 326 g/mol. The van der Waals surface area contributed by atoms with Crippen LogP contribution >= 0.6 is 0 Å². The Kier molecular flexibility index (Phi) is 5.55. The fourth-order valence-electron chi connectivity index (χ4n) is 5.01. The number of rotatable bonds is 5. The van der Waals surface area contributed by atoms with Crippen molar-refractivity contribution in [3.8, 4) is 11.5 Å². The van der Waals surface area contributed by atoms with Gasteiger partial charge in [0.05, 0.1) is 19.8 Å². The van der Waals surface area contributed by atoms with Gasteiger partial charge >= 0.3 is 0 Å². The minimum absolute atomic E-state index is 0.249. The predicted molar refractivity (Wildman–Crippen MR) is 105 cm³/mol. The number of hydrogen-bond acceptors (Lipinski definition) is 4. The molecular formula is C22H35NO3. The van der Waals surface area contributed by atoms with Crippen molar-refractivity contribution in [2.45, 2.75) is 58.6 Å². The first-order chi connectivity index (χ1) is 12.3. The van der Waals surface area contributed by atoms with E-state index < -0.39 is 5.60 Å². The molecule has 4 nitrogen and oxygen atoms in total. The maximum Gasteiger partial charge on any atom is 0.161 e. The number of methoxy groups -OCH3 is 2. The first-order valence-corrected chi connectivity index (χ1v) is 10.0. The molecule has 0 aliphatic carbocycles. The lowest BCUT2D eigenvalue weighted by Gasteiger charge is -2.53. The predicted octanol–water partition coefficient (Wildman–Crippen LogP) is 4.06. The van der Waals surface area contributed by atoms with Crippen LogP contribution in [0.4, 0.5) is 0 Å². The van der Waals surface area contributed by atoms with Gasteiger partial charge in [0, 0.05) is 25.0 Å². The van der Waals surface area contributed by atoms with Crippen LogP contribution in [0.5, 0.6) is 11.5 Å². The zero-order valence-corrected chi connectivity index (χ0v) is 17.2. The van der Waals surface area contributed by atoms with Crippen molar-refractivity contribution in [3.63, 3.8) is 0 Å². The highest BCUT2D eigenvalue weighted by atomic mass is 16.5. The van der Waals surface area contributed by atoms with E-state index in [9.17, 15) is 5.11 Å². The highest BCUT2D eigenvalue weighted by Crippen LogP contribution is 2.49. The van der Waals surface area contributed by atoms with Crippen LogP contribution in [0.25, 0.3) is 0 Å². The maximum absolute atomic E-state index is 11.7. The highest BCUT2D eigenvalue weighted by Gasteiger charge is 2.49. The third-order valence-electron chi connectivity index (χ3n) is 6.55. The van der Waals surface area contributed by atoms with Crippen LogP contribution in [-0.2, 0) is 6.42 Å². The van der Waals surface area contributed by atoms with E-state index in [-0.39, 0.29) is 12.0 Å². The zero-order valence-electron chi connectivity index (χ0n) is 17.2. The van der Waals surface area contributed by atoms with Gasteiger partial charge in [0.1, 0.15) is 0 Å². The Morgan fingerprint density at radius 2 is 1.81 bits per heavy atom. The maximum atomic E-state index is 11.7. The molecule has 0 amide bonds. The Morgan fingerprint density at radius 3 is 2.38 bits per heavy atom. The molecule has 1 N–H and O–H groups in total. The van der Waals surface area contributed by atoms with E-state index in [0.717, 1.165) is 43.9 Å². The van der Waals surface area contributed by atoms with Gasteiger partial charge in [0.2, 0.25) is 0 Å². The Morgan fingerprint density at radius 1 is 1.15 bits per heavy atom. The molecule has 2 aliphatic heterocycles. The van der Waals surface area contributed by atoms with Gasteiger partial charge in [-0.3, -0.25) is 4.90 Å². The van der Waals surface area contributed by atoms with Crippen molar-refractivity contribution in [2.75, 3.05) is 27.3 Å². The van der Waals surface area contributed by atoms with E-state index >= 15 is 0 Å². The Bertz CT molecular complexity index is 643. The van der Waals surface area contributed by atoms with Crippen molar-refractivity contribution >= 4 is 0 Å². The summed E-state index contributed by atoms with van der Waals surface area (Å²) in [5.74, 6) is 2.76. The third-order valence-corrected chi connectivity index (χ3v) is 6.55. The van der Waals surface area contributed by atoms with E-state index in [2.05, 4.69) is 44.7 Å². The summed E-state index contributed by atoms with van der Waals surface area (Å²) in [6, 6.07) is 4.52. The lowest BCUT2D eigenvalue weighted by molar-refractivity contribution is -0.131. The molecule has 1 aromatic rings. The molecule has 0 saturated carbocycles. The van der Waals surface area contributed by atoms with Crippen LogP contribution in [0.15, 0.2) is 12.1 Å². The smallest absolute Gasteiger partial charge is 0.161 e. The SMILES string of the molecule is COc1cc2c(cc1OC)[C@H]1C[C@@](O)(C(C)C)[C@H](CC(C)C)CN1CC2. The fraction of sp³-hybridized carbons (Fsp3) is 0.727. The van der Waals surface area contributed by atoms with Crippen molar-refractivity contribution in [2.24, 2.45) is 17.8 Å². The molecule has 3 atom stereocenters. The van der Waals surface area contributed by atoms with Crippen LogP contribution in [0.1, 0.15) is 57.7 Å². The van der Waals surface area contributed by atoms with Gasteiger partial charge in [-0.1, -0.05) is 27.7 Å². The zero-order chi connectivity index (χ0) is 19.1.